The van der Waals surface area contributed by atoms with Crippen molar-refractivity contribution >= 4 is 23.3 Å². The zero-order valence-corrected chi connectivity index (χ0v) is 32.8. The minimum Gasteiger partial charge on any atom is -0.508 e. The van der Waals surface area contributed by atoms with Gasteiger partial charge in [-0.3, -0.25) is 0 Å². The van der Waals surface area contributed by atoms with Gasteiger partial charge in [-0.15, -0.1) is 0 Å². The van der Waals surface area contributed by atoms with Crippen LogP contribution in [-0.2, 0) is 19.3 Å². The Morgan fingerprint density at radius 2 is 0.875 bits per heavy atom. The highest BCUT2D eigenvalue weighted by atomic mass is 35.5. The number of oxime groups is 2. The Morgan fingerprint density at radius 3 is 1.30 bits per heavy atom. The summed E-state index contributed by atoms with van der Waals surface area (Å²) in [5.74, 6) is 0.540. The van der Waals surface area contributed by atoms with Crippen LogP contribution in [0.2, 0.25) is 5.02 Å². The Morgan fingerprint density at radius 1 is 0.500 bits per heavy atom. The third-order valence-electron chi connectivity index (χ3n) is 9.61. The number of aryl methyl sites for hydroxylation is 2. The molecular weight excluding hydrogens is 720 g/mol. The Kier molecular flexibility index (Phi) is 14.2. The molecule has 0 aromatic heterocycles. The number of hydrogen-bond acceptors (Lipinski definition) is 6. The summed E-state index contributed by atoms with van der Waals surface area (Å²) in [5, 5.41) is 45.5. The van der Waals surface area contributed by atoms with Crippen molar-refractivity contribution in [1.82, 2.24) is 0 Å². The third kappa shape index (κ3) is 9.16. The van der Waals surface area contributed by atoms with E-state index in [1.54, 1.807) is 24.3 Å². The summed E-state index contributed by atoms with van der Waals surface area (Å²) in [4.78, 5) is 0. The molecule has 0 unspecified atom stereocenters. The first-order valence-corrected chi connectivity index (χ1v) is 19.2. The molecule has 0 radical (unpaired) electrons. The summed E-state index contributed by atoms with van der Waals surface area (Å²) in [6.07, 6.45) is 5.55. The number of hydrogen-bond donors (Lipinski definition) is 6. The molecule has 9 heteroatoms. The van der Waals surface area contributed by atoms with E-state index < -0.39 is 0 Å². The highest BCUT2D eigenvalue weighted by Gasteiger charge is 2.23. The van der Waals surface area contributed by atoms with Gasteiger partial charge in [-0.1, -0.05) is 147 Å². The molecule has 6 aromatic carbocycles. The van der Waals surface area contributed by atoms with E-state index in [0.29, 0.717) is 10.6 Å². The number of benzene rings is 6. The summed E-state index contributed by atoms with van der Waals surface area (Å²) in [5.41, 5.74) is 24.4. The number of aromatic hydroxyl groups is 2. The van der Waals surface area contributed by atoms with Crippen molar-refractivity contribution in [2.75, 3.05) is 0 Å². The SMILES string of the molecule is CCCc1cc(C(N)=NO)c(-c2ccccc2)c(-c2ccc(O)cc2)c1CCC.CCCc1cc(C(N)=NO)c(-c2ccccc2)c(-c2ccc(O)cc2)c1Cl. The van der Waals surface area contributed by atoms with Crippen LogP contribution in [-0.4, -0.2) is 32.3 Å². The molecule has 6 aromatic rings. The van der Waals surface area contributed by atoms with Gasteiger partial charge in [0, 0.05) is 27.8 Å². The van der Waals surface area contributed by atoms with Crippen LogP contribution in [0, 0.1) is 0 Å². The number of rotatable bonds is 12. The summed E-state index contributed by atoms with van der Waals surface area (Å²) in [6.45, 7) is 6.41. The van der Waals surface area contributed by atoms with Crippen molar-refractivity contribution < 1.29 is 20.6 Å². The second kappa shape index (κ2) is 19.4. The Labute approximate surface area is 334 Å². The molecular formula is C47H49ClN4O4. The van der Waals surface area contributed by atoms with Crippen LogP contribution in [0.5, 0.6) is 11.5 Å². The van der Waals surface area contributed by atoms with Crippen molar-refractivity contribution in [2.24, 2.45) is 21.8 Å². The molecule has 0 fully saturated rings. The van der Waals surface area contributed by atoms with Crippen molar-refractivity contribution in [3.05, 3.63) is 154 Å². The van der Waals surface area contributed by atoms with E-state index in [4.69, 9.17) is 23.1 Å². The van der Waals surface area contributed by atoms with E-state index in [2.05, 4.69) is 37.1 Å². The molecule has 0 spiro atoms. The number of nitrogens with zero attached hydrogens (tertiary/aromatic N) is 2. The molecule has 0 saturated heterocycles. The van der Waals surface area contributed by atoms with E-state index in [1.807, 2.05) is 91.0 Å². The maximum absolute atomic E-state index is 9.81. The lowest BCUT2D eigenvalue weighted by molar-refractivity contribution is 0.318. The lowest BCUT2D eigenvalue weighted by Crippen LogP contribution is -2.17. The topological polar surface area (TPSA) is 158 Å². The standard InChI is InChI=1S/C25H28N2O2.C22H21ClN2O2/c1-3-8-19-16-22(25(26)27-29)24(17-10-6-5-7-11-17)23(21(19)9-4-2)18-12-14-20(28)15-13-18;1-2-6-16-13-18(22(24)25-27)19(14-7-4-3-5-8-14)20(21(16)23)15-9-11-17(26)12-10-15/h5-7,10-16,28-29H,3-4,8-9H2,1-2H3,(H2,26,27);3-5,7-13,26-27H,2,6H2,1H3,(H2,24,25). The second-order valence-electron chi connectivity index (χ2n) is 13.5. The van der Waals surface area contributed by atoms with Gasteiger partial charge in [0.2, 0.25) is 0 Å². The summed E-state index contributed by atoms with van der Waals surface area (Å²) in [7, 11) is 0. The van der Waals surface area contributed by atoms with Crippen LogP contribution in [0.4, 0.5) is 0 Å². The molecule has 0 saturated carbocycles. The number of halogens is 1. The summed E-state index contributed by atoms with van der Waals surface area (Å²) < 4.78 is 0. The van der Waals surface area contributed by atoms with Gasteiger partial charge in [0.25, 0.3) is 0 Å². The number of phenols is 2. The van der Waals surface area contributed by atoms with Gasteiger partial charge in [0.15, 0.2) is 11.7 Å². The minimum atomic E-state index is 0.0305. The maximum atomic E-state index is 9.81. The van der Waals surface area contributed by atoms with Crippen LogP contribution >= 0.6 is 11.6 Å². The fraction of sp³-hybridized carbons (Fsp3) is 0.191. The molecule has 0 aliphatic heterocycles. The van der Waals surface area contributed by atoms with Crippen molar-refractivity contribution in [3.8, 4) is 56.0 Å². The van der Waals surface area contributed by atoms with E-state index >= 15 is 0 Å². The number of phenolic OH excluding ortho intramolecular Hbond substituents is 2. The van der Waals surface area contributed by atoms with Gasteiger partial charge >= 0.3 is 0 Å². The van der Waals surface area contributed by atoms with Crippen LogP contribution in [0.1, 0.15) is 67.9 Å². The predicted octanol–water partition coefficient (Wildman–Crippen LogP) is 11.2. The average molecular weight is 769 g/mol. The fourth-order valence-electron chi connectivity index (χ4n) is 7.14. The van der Waals surface area contributed by atoms with Crippen molar-refractivity contribution in [3.63, 3.8) is 0 Å². The molecule has 6 rings (SSSR count). The highest BCUT2D eigenvalue weighted by molar-refractivity contribution is 6.35. The Hall–Kier alpha value is -6.25. The molecule has 0 heterocycles. The van der Waals surface area contributed by atoms with Gasteiger partial charge < -0.3 is 32.1 Å². The van der Waals surface area contributed by atoms with Crippen LogP contribution in [0.15, 0.2) is 132 Å². The molecule has 288 valence electrons. The van der Waals surface area contributed by atoms with Gasteiger partial charge in [0.05, 0.1) is 5.02 Å². The van der Waals surface area contributed by atoms with E-state index in [0.717, 1.165) is 94.2 Å². The van der Waals surface area contributed by atoms with E-state index in [1.165, 1.54) is 11.1 Å². The molecule has 0 bridgehead atoms. The summed E-state index contributed by atoms with van der Waals surface area (Å²) >= 11 is 6.83. The largest absolute Gasteiger partial charge is 0.508 e. The molecule has 0 aliphatic rings. The molecule has 0 atom stereocenters. The fourth-order valence-corrected chi connectivity index (χ4v) is 7.49. The van der Waals surface area contributed by atoms with Crippen LogP contribution in [0.25, 0.3) is 44.5 Å². The van der Waals surface area contributed by atoms with E-state index in [9.17, 15) is 20.6 Å². The maximum Gasteiger partial charge on any atom is 0.170 e. The zero-order valence-electron chi connectivity index (χ0n) is 32.0. The van der Waals surface area contributed by atoms with Gasteiger partial charge in [-0.2, -0.15) is 0 Å². The molecule has 0 aliphatic carbocycles. The monoisotopic (exact) mass is 768 g/mol. The number of nitrogens with two attached hydrogens (primary N) is 2. The molecule has 8 N–H and O–H groups in total. The molecule has 56 heavy (non-hydrogen) atoms. The molecule has 8 nitrogen and oxygen atoms in total. The van der Waals surface area contributed by atoms with Crippen molar-refractivity contribution in [1.29, 1.82) is 0 Å². The van der Waals surface area contributed by atoms with Gasteiger partial charge in [-0.25, -0.2) is 0 Å². The third-order valence-corrected chi connectivity index (χ3v) is 10.0. The summed E-state index contributed by atoms with van der Waals surface area (Å²) in [6, 6.07) is 37.9. The first kappa shape index (κ1) is 40.9. The minimum absolute atomic E-state index is 0.0305. The first-order chi connectivity index (χ1) is 27.2. The van der Waals surface area contributed by atoms with Gasteiger partial charge in [-0.05, 0) is 100 Å². The van der Waals surface area contributed by atoms with Crippen molar-refractivity contribution in [2.45, 2.75) is 59.3 Å². The van der Waals surface area contributed by atoms with Crippen LogP contribution < -0.4 is 11.5 Å². The number of amidine groups is 2. The first-order valence-electron chi connectivity index (χ1n) is 18.9. The van der Waals surface area contributed by atoms with Gasteiger partial charge in [0.1, 0.15) is 11.5 Å². The quantitative estimate of drug-likeness (QED) is 0.0315. The van der Waals surface area contributed by atoms with E-state index in [-0.39, 0.29) is 23.2 Å². The zero-order chi connectivity index (χ0) is 40.2. The lowest BCUT2D eigenvalue weighted by atomic mass is 9.81. The smallest absolute Gasteiger partial charge is 0.170 e. The normalized spacial score (nSPS) is 11.6. The Bertz CT molecular complexity index is 2290. The Balaban J connectivity index is 0.000000215. The van der Waals surface area contributed by atoms with Crippen LogP contribution in [0.3, 0.4) is 0 Å². The predicted molar refractivity (Wildman–Crippen MR) is 230 cm³/mol. The lowest BCUT2D eigenvalue weighted by Gasteiger charge is -2.23. The second-order valence-corrected chi connectivity index (χ2v) is 13.9. The highest BCUT2D eigenvalue weighted by Crippen LogP contribution is 2.44. The molecule has 0 amide bonds. The average Bonchev–Trinajstić information content (AvgIpc) is 3.23.